The first-order valence-electron chi connectivity index (χ1n) is 9.70. The predicted molar refractivity (Wildman–Crippen MR) is 97.8 cm³/mol. The lowest BCUT2D eigenvalue weighted by atomic mass is 9.70. The topological polar surface area (TPSA) is 35.9 Å². The van der Waals surface area contributed by atoms with Gasteiger partial charge in [0.2, 0.25) is 0 Å². The number of piperazine rings is 1. The summed E-state index contributed by atoms with van der Waals surface area (Å²) in [5.74, 6) is -0.396. The lowest BCUT2D eigenvalue weighted by molar-refractivity contribution is -0.274. The molecule has 0 amide bonds. The molecule has 152 valence electrons. The van der Waals surface area contributed by atoms with E-state index < -0.39 is 12.0 Å². The van der Waals surface area contributed by atoms with Crippen LogP contribution in [0.5, 0.6) is 5.75 Å². The highest BCUT2D eigenvalue weighted by molar-refractivity contribution is 5.31. The molecular weight excluding hydrogens is 357 g/mol. The Hall–Kier alpha value is -1.31. The van der Waals surface area contributed by atoms with Crippen molar-refractivity contribution in [2.75, 3.05) is 33.2 Å². The summed E-state index contributed by atoms with van der Waals surface area (Å²) in [5.41, 5.74) is -0.0337. The van der Waals surface area contributed by atoms with Gasteiger partial charge in [-0.15, -0.1) is 13.2 Å². The fourth-order valence-corrected chi connectivity index (χ4v) is 4.55. The molecule has 3 unspecified atom stereocenters. The van der Waals surface area contributed by atoms with Gasteiger partial charge < -0.3 is 14.7 Å². The van der Waals surface area contributed by atoms with Gasteiger partial charge in [0.15, 0.2) is 0 Å². The first kappa shape index (κ1) is 20.4. The number of likely N-dealkylation sites (N-methyl/N-ethyl adjacent to an activating group) is 1. The molecule has 3 atom stereocenters. The van der Waals surface area contributed by atoms with Crippen molar-refractivity contribution in [3.05, 3.63) is 29.8 Å². The second-order valence-electron chi connectivity index (χ2n) is 7.93. The van der Waals surface area contributed by atoms with Crippen LogP contribution >= 0.6 is 0 Å². The second-order valence-corrected chi connectivity index (χ2v) is 7.93. The molecule has 4 nitrogen and oxygen atoms in total. The summed E-state index contributed by atoms with van der Waals surface area (Å²) in [5, 5.41) is 11.7. The first-order valence-corrected chi connectivity index (χ1v) is 9.70. The molecular formula is C20H29F3N2O2. The maximum atomic E-state index is 12.4. The van der Waals surface area contributed by atoms with Gasteiger partial charge >= 0.3 is 6.36 Å². The number of aliphatic hydroxyl groups is 1. The van der Waals surface area contributed by atoms with Crippen LogP contribution in [0.4, 0.5) is 13.2 Å². The maximum absolute atomic E-state index is 12.4. The molecule has 2 aliphatic rings. The minimum absolute atomic E-state index is 0.0843. The molecule has 0 radical (unpaired) electrons. The number of benzene rings is 1. The molecule has 0 bridgehead atoms. The molecule has 1 aromatic rings. The lowest BCUT2D eigenvalue weighted by Gasteiger charge is -2.51. The third-order valence-electron chi connectivity index (χ3n) is 6.22. The van der Waals surface area contributed by atoms with E-state index in [2.05, 4.69) is 21.6 Å². The normalized spacial score (nSPS) is 29.5. The average molecular weight is 386 g/mol. The number of hydrogen-bond acceptors (Lipinski definition) is 4. The van der Waals surface area contributed by atoms with Gasteiger partial charge in [0, 0.05) is 38.1 Å². The molecule has 3 rings (SSSR count). The smallest absolute Gasteiger partial charge is 0.406 e. The van der Waals surface area contributed by atoms with Gasteiger partial charge in [0.25, 0.3) is 0 Å². The van der Waals surface area contributed by atoms with Crippen molar-refractivity contribution >= 4 is 0 Å². The van der Waals surface area contributed by atoms with Crippen LogP contribution in [0.25, 0.3) is 0 Å². The van der Waals surface area contributed by atoms with E-state index in [0.717, 1.165) is 51.0 Å². The van der Waals surface area contributed by atoms with Crippen LogP contribution in [0, 0.1) is 0 Å². The zero-order chi connectivity index (χ0) is 19.7. The Balaban J connectivity index is 1.76. The summed E-state index contributed by atoms with van der Waals surface area (Å²) < 4.78 is 41.1. The Bertz CT molecular complexity index is 615. The maximum Gasteiger partial charge on any atom is 0.573 e. The van der Waals surface area contributed by atoms with Gasteiger partial charge in [-0.25, -0.2) is 0 Å². The largest absolute Gasteiger partial charge is 0.573 e. The summed E-state index contributed by atoms with van der Waals surface area (Å²) in [4.78, 5) is 4.69. The van der Waals surface area contributed by atoms with Crippen molar-refractivity contribution in [2.24, 2.45) is 0 Å². The highest BCUT2D eigenvalue weighted by atomic mass is 19.4. The van der Waals surface area contributed by atoms with Crippen LogP contribution in [-0.2, 0) is 0 Å². The van der Waals surface area contributed by atoms with E-state index >= 15 is 0 Å². The third-order valence-corrected chi connectivity index (χ3v) is 6.22. The summed E-state index contributed by atoms with van der Waals surface area (Å²) in [6, 6.07) is 6.02. The number of halogens is 3. The van der Waals surface area contributed by atoms with E-state index in [1.165, 1.54) is 12.1 Å². The predicted octanol–water partition coefficient (Wildman–Crippen LogP) is 3.61. The van der Waals surface area contributed by atoms with Gasteiger partial charge in [0.05, 0.1) is 5.60 Å². The Kier molecular flexibility index (Phi) is 6.03. The summed E-state index contributed by atoms with van der Waals surface area (Å²) in [6.45, 7) is 5.84. The van der Waals surface area contributed by atoms with Crippen LogP contribution in [-0.4, -0.2) is 66.1 Å². The Morgan fingerprint density at radius 2 is 1.74 bits per heavy atom. The standard InChI is InChI=1S/C20H29F3N2O2/c1-15(16-6-8-17(9-7-16)27-20(21,22)23)19(26)10-4-3-5-18(19)25-13-11-24(2)12-14-25/h6-9,15,18,26H,3-5,10-14H2,1-2H3. The van der Waals surface area contributed by atoms with Gasteiger partial charge in [0.1, 0.15) is 5.75 Å². The quantitative estimate of drug-likeness (QED) is 0.858. The summed E-state index contributed by atoms with van der Waals surface area (Å²) in [7, 11) is 2.11. The summed E-state index contributed by atoms with van der Waals surface area (Å²) in [6.07, 6.45) is -0.947. The monoisotopic (exact) mass is 386 g/mol. The van der Waals surface area contributed by atoms with Gasteiger partial charge in [-0.1, -0.05) is 31.9 Å². The number of alkyl halides is 3. The van der Waals surface area contributed by atoms with E-state index in [-0.39, 0.29) is 17.7 Å². The van der Waals surface area contributed by atoms with Crippen molar-refractivity contribution in [2.45, 2.75) is 56.5 Å². The second kappa shape index (κ2) is 7.97. The number of rotatable bonds is 4. The van der Waals surface area contributed by atoms with Crippen molar-refractivity contribution in [3.63, 3.8) is 0 Å². The van der Waals surface area contributed by atoms with E-state index in [1.54, 1.807) is 12.1 Å². The molecule has 1 aliphatic carbocycles. The third kappa shape index (κ3) is 4.76. The number of ether oxygens (including phenoxy) is 1. The first-order chi connectivity index (χ1) is 12.7. The fraction of sp³-hybridized carbons (Fsp3) is 0.700. The molecule has 1 saturated heterocycles. The zero-order valence-corrected chi connectivity index (χ0v) is 16.0. The van der Waals surface area contributed by atoms with Crippen molar-refractivity contribution in [1.29, 1.82) is 0 Å². The molecule has 1 aromatic carbocycles. The SMILES string of the molecule is CC(c1ccc(OC(F)(F)F)cc1)C1(O)CCCCC1N1CCN(C)CC1. The molecule has 7 heteroatoms. The summed E-state index contributed by atoms with van der Waals surface area (Å²) >= 11 is 0. The van der Waals surface area contributed by atoms with Crippen LogP contribution in [0.2, 0.25) is 0 Å². The van der Waals surface area contributed by atoms with Crippen molar-refractivity contribution in [1.82, 2.24) is 9.80 Å². The molecule has 27 heavy (non-hydrogen) atoms. The van der Waals surface area contributed by atoms with Gasteiger partial charge in [-0.05, 0) is 37.6 Å². The Labute approximate surface area is 158 Å². The molecule has 1 heterocycles. The molecule has 0 spiro atoms. The lowest BCUT2D eigenvalue weighted by Crippen LogP contribution is -2.60. The Morgan fingerprint density at radius 1 is 1.11 bits per heavy atom. The van der Waals surface area contributed by atoms with Crippen LogP contribution in [0.15, 0.2) is 24.3 Å². The minimum atomic E-state index is -4.69. The average Bonchev–Trinajstić information content (AvgIpc) is 2.62. The van der Waals surface area contributed by atoms with Crippen LogP contribution in [0.3, 0.4) is 0 Å². The molecule has 1 aliphatic heterocycles. The van der Waals surface area contributed by atoms with E-state index in [9.17, 15) is 18.3 Å². The molecule has 2 fully saturated rings. The highest BCUT2D eigenvalue weighted by Gasteiger charge is 2.46. The van der Waals surface area contributed by atoms with Gasteiger partial charge in [-0.2, -0.15) is 0 Å². The number of hydrogen-bond donors (Lipinski definition) is 1. The van der Waals surface area contributed by atoms with Crippen LogP contribution < -0.4 is 4.74 Å². The van der Waals surface area contributed by atoms with E-state index in [1.807, 2.05) is 6.92 Å². The molecule has 1 saturated carbocycles. The van der Waals surface area contributed by atoms with Crippen LogP contribution in [0.1, 0.15) is 44.1 Å². The number of nitrogens with zero attached hydrogens (tertiary/aromatic N) is 2. The molecule has 1 N–H and O–H groups in total. The van der Waals surface area contributed by atoms with Crippen molar-refractivity contribution < 1.29 is 23.0 Å². The van der Waals surface area contributed by atoms with Crippen molar-refractivity contribution in [3.8, 4) is 5.75 Å². The van der Waals surface area contributed by atoms with Gasteiger partial charge in [-0.3, -0.25) is 4.90 Å². The highest BCUT2D eigenvalue weighted by Crippen LogP contribution is 2.42. The van der Waals surface area contributed by atoms with E-state index in [4.69, 9.17) is 0 Å². The molecule has 0 aromatic heterocycles. The minimum Gasteiger partial charge on any atom is -0.406 e. The Morgan fingerprint density at radius 3 is 2.33 bits per heavy atom. The zero-order valence-electron chi connectivity index (χ0n) is 16.0. The fourth-order valence-electron chi connectivity index (χ4n) is 4.55. The van der Waals surface area contributed by atoms with E-state index in [0.29, 0.717) is 6.42 Å².